The van der Waals surface area contributed by atoms with Gasteiger partial charge in [-0.1, -0.05) is 6.42 Å². The van der Waals surface area contributed by atoms with E-state index in [0.29, 0.717) is 30.0 Å². The Bertz CT molecular complexity index is 600. The first-order valence-electron chi connectivity index (χ1n) is 7.97. The number of nitro groups is 1. The van der Waals surface area contributed by atoms with E-state index in [1.54, 1.807) is 6.07 Å². The maximum atomic E-state index is 12.1. The third-order valence-electron chi connectivity index (χ3n) is 4.10. The molecule has 1 heterocycles. The number of amides is 1. The van der Waals surface area contributed by atoms with Crippen LogP contribution in [0.15, 0.2) is 12.1 Å². The number of nitrogens with zero attached hydrogens (tertiary/aromatic N) is 1. The van der Waals surface area contributed by atoms with E-state index in [-0.39, 0.29) is 17.6 Å². The van der Waals surface area contributed by atoms with Crippen LogP contribution in [-0.2, 0) is 11.2 Å². The van der Waals surface area contributed by atoms with Gasteiger partial charge >= 0.3 is 0 Å². The second-order valence-electron chi connectivity index (χ2n) is 5.64. The minimum Gasteiger partial charge on any atom is -0.493 e. The van der Waals surface area contributed by atoms with E-state index in [1.165, 1.54) is 20.3 Å². The Morgan fingerprint density at radius 2 is 2.04 bits per heavy atom. The van der Waals surface area contributed by atoms with E-state index >= 15 is 0 Å². The molecule has 1 aromatic carbocycles. The molecule has 1 amide bonds. The number of nitro benzene ring substituents is 1. The van der Waals surface area contributed by atoms with E-state index in [4.69, 9.17) is 9.47 Å². The van der Waals surface area contributed by atoms with Gasteiger partial charge in [-0.25, -0.2) is 0 Å². The molecule has 8 heteroatoms. The van der Waals surface area contributed by atoms with Gasteiger partial charge in [0.05, 0.1) is 31.3 Å². The van der Waals surface area contributed by atoms with Crippen molar-refractivity contribution in [1.29, 1.82) is 0 Å². The summed E-state index contributed by atoms with van der Waals surface area (Å²) < 4.78 is 10.3. The highest BCUT2D eigenvalue weighted by atomic mass is 16.6. The van der Waals surface area contributed by atoms with Crippen molar-refractivity contribution in [2.45, 2.75) is 31.7 Å². The number of methoxy groups -OCH3 is 2. The topological polar surface area (TPSA) is 103 Å². The molecule has 1 fully saturated rings. The molecule has 0 spiro atoms. The maximum Gasteiger partial charge on any atom is 0.276 e. The Kier molecular flexibility index (Phi) is 6.36. The summed E-state index contributed by atoms with van der Waals surface area (Å²) in [5, 5.41) is 17.3. The van der Waals surface area contributed by atoms with Gasteiger partial charge in [-0.3, -0.25) is 14.9 Å². The molecule has 0 aromatic heterocycles. The Labute approximate surface area is 140 Å². The third kappa shape index (κ3) is 4.35. The summed E-state index contributed by atoms with van der Waals surface area (Å²) in [6.07, 6.45) is 3.28. The Morgan fingerprint density at radius 3 is 2.62 bits per heavy atom. The minimum absolute atomic E-state index is 0.0438. The summed E-state index contributed by atoms with van der Waals surface area (Å²) in [5.41, 5.74) is 0.451. The van der Waals surface area contributed by atoms with Crippen molar-refractivity contribution in [3.8, 4) is 11.5 Å². The van der Waals surface area contributed by atoms with Crippen molar-refractivity contribution < 1.29 is 19.2 Å². The van der Waals surface area contributed by atoms with E-state index in [2.05, 4.69) is 10.6 Å². The molecule has 1 atom stereocenters. The number of piperidine rings is 1. The van der Waals surface area contributed by atoms with Gasteiger partial charge in [0.15, 0.2) is 11.5 Å². The molecule has 1 aliphatic heterocycles. The fourth-order valence-corrected chi connectivity index (χ4v) is 2.80. The van der Waals surface area contributed by atoms with Crippen molar-refractivity contribution in [3.05, 3.63) is 27.8 Å². The minimum atomic E-state index is -0.457. The van der Waals surface area contributed by atoms with E-state index in [1.807, 2.05) is 0 Å². The second-order valence-corrected chi connectivity index (χ2v) is 5.64. The van der Waals surface area contributed by atoms with Gasteiger partial charge in [0.1, 0.15) is 0 Å². The molecule has 1 aliphatic rings. The first-order chi connectivity index (χ1) is 11.6. The van der Waals surface area contributed by atoms with Crippen molar-refractivity contribution in [2.75, 3.05) is 27.3 Å². The number of nitrogens with one attached hydrogen (secondary N) is 2. The van der Waals surface area contributed by atoms with Gasteiger partial charge in [0.2, 0.25) is 5.91 Å². The highest BCUT2D eigenvalue weighted by molar-refractivity contribution is 5.81. The third-order valence-corrected chi connectivity index (χ3v) is 4.10. The first kappa shape index (κ1) is 18.0. The monoisotopic (exact) mass is 337 g/mol. The van der Waals surface area contributed by atoms with E-state index in [9.17, 15) is 14.9 Å². The first-order valence-corrected chi connectivity index (χ1v) is 7.97. The summed E-state index contributed by atoms with van der Waals surface area (Å²) in [5.74, 6) is 0.680. The number of ether oxygens (including phenoxy) is 2. The lowest BCUT2D eigenvalue weighted by molar-refractivity contribution is -0.385. The fraction of sp³-hybridized carbons (Fsp3) is 0.562. The van der Waals surface area contributed by atoms with Crippen LogP contribution >= 0.6 is 0 Å². The second kappa shape index (κ2) is 8.49. The number of carbonyl (C=O) groups excluding carboxylic acids is 1. The smallest absolute Gasteiger partial charge is 0.276 e. The summed E-state index contributed by atoms with van der Waals surface area (Å²) in [6.45, 7) is 1.17. The molecule has 0 aliphatic carbocycles. The van der Waals surface area contributed by atoms with Crippen LogP contribution in [0.3, 0.4) is 0 Å². The molecule has 2 N–H and O–H groups in total. The zero-order valence-electron chi connectivity index (χ0n) is 14.0. The molecular weight excluding hydrogens is 314 g/mol. The normalized spacial score (nSPS) is 17.2. The predicted molar refractivity (Wildman–Crippen MR) is 88.6 cm³/mol. The summed E-state index contributed by atoms with van der Waals surface area (Å²) >= 11 is 0. The number of hydrogen-bond acceptors (Lipinski definition) is 6. The highest BCUT2D eigenvalue weighted by Gasteiger charge is 2.22. The lowest BCUT2D eigenvalue weighted by Crippen LogP contribution is -2.47. The van der Waals surface area contributed by atoms with Gasteiger partial charge < -0.3 is 20.1 Å². The Morgan fingerprint density at radius 1 is 1.33 bits per heavy atom. The molecule has 1 saturated heterocycles. The van der Waals surface area contributed by atoms with Crippen LogP contribution in [0.25, 0.3) is 0 Å². The van der Waals surface area contributed by atoms with Crippen LogP contribution in [-0.4, -0.2) is 44.2 Å². The fourth-order valence-electron chi connectivity index (χ4n) is 2.80. The van der Waals surface area contributed by atoms with Gasteiger partial charge in [0, 0.05) is 12.1 Å². The van der Waals surface area contributed by atoms with Crippen LogP contribution < -0.4 is 20.1 Å². The van der Waals surface area contributed by atoms with E-state index < -0.39 is 4.92 Å². The molecule has 0 bridgehead atoms. The summed E-state index contributed by atoms with van der Waals surface area (Å²) in [4.78, 5) is 22.9. The van der Waals surface area contributed by atoms with Gasteiger partial charge in [-0.05, 0) is 31.9 Å². The highest BCUT2D eigenvalue weighted by Crippen LogP contribution is 2.34. The molecule has 24 heavy (non-hydrogen) atoms. The number of carbonyl (C=O) groups is 1. The Hall–Kier alpha value is -2.35. The van der Waals surface area contributed by atoms with Crippen LogP contribution in [0.1, 0.15) is 24.8 Å². The van der Waals surface area contributed by atoms with Crippen LogP contribution in [0, 0.1) is 10.1 Å². The molecule has 132 valence electrons. The maximum absolute atomic E-state index is 12.1. The number of hydrogen-bond donors (Lipinski definition) is 2. The summed E-state index contributed by atoms with van der Waals surface area (Å²) in [7, 11) is 2.91. The average molecular weight is 337 g/mol. The Balaban J connectivity index is 2.02. The van der Waals surface area contributed by atoms with Crippen molar-refractivity contribution in [2.24, 2.45) is 0 Å². The summed E-state index contributed by atoms with van der Waals surface area (Å²) in [6, 6.07) is 2.76. The average Bonchev–Trinajstić information content (AvgIpc) is 2.61. The molecular formula is C16H23N3O5. The quantitative estimate of drug-likeness (QED) is 0.576. The molecule has 8 nitrogen and oxygen atoms in total. The molecule has 0 saturated carbocycles. The largest absolute Gasteiger partial charge is 0.493 e. The SMILES string of the molecule is COc1cc(CCNC(=O)C2CCCCN2)c([N+](=O)[O-])cc1OC. The lowest BCUT2D eigenvalue weighted by atomic mass is 10.0. The van der Waals surface area contributed by atoms with Crippen LogP contribution in [0.5, 0.6) is 11.5 Å². The van der Waals surface area contributed by atoms with Gasteiger partial charge in [0.25, 0.3) is 5.69 Å². The van der Waals surface area contributed by atoms with Crippen LogP contribution in [0.4, 0.5) is 5.69 Å². The molecule has 1 unspecified atom stereocenters. The standard InChI is InChI=1S/C16H23N3O5/c1-23-14-9-11(13(19(21)22)10-15(14)24-2)6-8-18-16(20)12-5-3-4-7-17-12/h9-10,12,17H,3-8H2,1-2H3,(H,18,20). The van der Waals surface area contributed by atoms with Crippen LogP contribution in [0.2, 0.25) is 0 Å². The number of rotatable bonds is 7. The van der Waals surface area contributed by atoms with Crippen molar-refractivity contribution in [3.63, 3.8) is 0 Å². The zero-order chi connectivity index (χ0) is 17.5. The van der Waals surface area contributed by atoms with Gasteiger partial charge in [-0.2, -0.15) is 0 Å². The van der Waals surface area contributed by atoms with E-state index in [0.717, 1.165) is 25.8 Å². The van der Waals surface area contributed by atoms with Gasteiger partial charge in [-0.15, -0.1) is 0 Å². The lowest BCUT2D eigenvalue weighted by Gasteiger charge is -2.22. The number of benzene rings is 1. The molecule has 2 rings (SSSR count). The van der Waals surface area contributed by atoms with Crippen molar-refractivity contribution in [1.82, 2.24) is 10.6 Å². The molecule has 1 aromatic rings. The zero-order valence-corrected chi connectivity index (χ0v) is 14.0. The molecule has 0 radical (unpaired) electrons. The predicted octanol–water partition coefficient (Wildman–Crippen LogP) is 1.41. The van der Waals surface area contributed by atoms with Crippen molar-refractivity contribution >= 4 is 11.6 Å².